The molecule has 5 nitrogen and oxygen atoms in total. The van der Waals surface area contributed by atoms with E-state index in [-0.39, 0.29) is 17.3 Å². The fourth-order valence-electron chi connectivity index (χ4n) is 1.49. The van der Waals surface area contributed by atoms with Crippen molar-refractivity contribution in [2.45, 2.75) is 30.0 Å². The largest absolute Gasteiger partial charge is 0.465 e. The van der Waals surface area contributed by atoms with Gasteiger partial charge in [0.2, 0.25) is 0 Å². The summed E-state index contributed by atoms with van der Waals surface area (Å²) >= 11 is 2.89. The van der Waals surface area contributed by atoms with E-state index in [0.717, 1.165) is 29.2 Å². The predicted molar refractivity (Wildman–Crippen MR) is 71.8 cm³/mol. The van der Waals surface area contributed by atoms with Crippen molar-refractivity contribution in [1.82, 2.24) is 9.97 Å². The Morgan fingerprint density at radius 3 is 3.17 bits per heavy atom. The Balaban J connectivity index is 1.96. The Morgan fingerprint density at radius 1 is 1.56 bits per heavy atom. The van der Waals surface area contributed by atoms with Gasteiger partial charge in [0.15, 0.2) is 5.16 Å². The number of hydrogen-bond acceptors (Lipinski definition) is 6. The highest BCUT2D eigenvalue weighted by atomic mass is 32.2. The van der Waals surface area contributed by atoms with Crippen molar-refractivity contribution < 1.29 is 9.53 Å². The van der Waals surface area contributed by atoms with Gasteiger partial charge in [-0.25, -0.2) is 4.98 Å². The third-order valence-corrected chi connectivity index (χ3v) is 4.18. The molecule has 0 atom stereocenters. The molecule has 0 saturated heterocycles. The van der Waals surface area contributed by atoms with Crippen LogP contribution < -0.4 is 5.56 Å². The molecule has 7 heteroatoms. The van der Waals surface area contributed by atoms with Gasteiger partial charge in [-0.1, -0.05) is 18.7 Å². The molecule has 0 unspecified atom stereocenters. The quantitative estimate of drug-likeness (QED) is 0.503. The fraction of sp³-hybridized carbons (Fsp3) is 0.545. The summed E-state index contributed by atoms with van der Waals surface area (Å²) in [5, 5.41) is 0.495. The number of H-pyrrole nitrogens is 1. The normalized spacial score (nSPS) is 13.4. The molecule has 0 bridgehead atoms. The van der Waals surface area contributed by atoms with Gasteiger partial charge in [-0.15, -0.1) is 0 Å². The minimum Gasteiger partial charge on any atom is -0.465 e. The van der Waals surface area contributed by atoms with E-state index < -0.39 is 0 Å². The van der Waals surface area contributed by atoms with E-state index in [1.165, 1.54) is 11.8 Å². The Labute approximate surface area is 113 Å². The van der Waals surface area contributed by atoms with Gasteiger partial charge in [-0.2, -0.15) is 11.8 Å². The van der Waals surface area contributed by atoms with E-state index in [1.54, 1.807) is 11.8 Å². The van der Waals surface area contributed by atoms with Gasteiger partial charge in [-0.05, 0) is 6.42 Å². The number of nitrogens with one attached hydrogen (secondary N) is 1. The third-order valence-electron chi connectivity index (χ3n) is 2.36. The summed E-state index contributed by atoms with van der Waals surface area (Å²) in [6, 6.07) is 0. The number of hydrogen-bond donors (Lipinski definition) is 1. The zero-order chi connectivity index (χ0) is 13.0. The van der Waals surface area contributed by atoms with Crippen molar-refractivity contribution in [2.75, 3.05) is 12.4 Å². The van der Waals surface area contributed by atoms with Crippen LogP contribution in [0.4, 0.5) is 0 Å². The first-order valence-corrected chi connectivity index (χ1v) is 7.83. The lowest BCUT2D eigenvalue weighted by Crippen LogP contribution is -2.16. The molecule has 18 heavy (non-hydrogen) atoms. The average Bonchev–Trinajstić information content (AvgIpc) is 2.82. The van der Waals surface area contributed by atoms with Gasteiger partial charge in [-0.3, -0.25) is 9.59 Å². The van der Waals surface area contributed by atoms with Crippen LogP contribution in [0.25, 0.3) is 0 Å². The topological polar surface area (TPSA) is 72.0 Å². The number of carbonyl (C=O) groups excluding carboxylic acids is 1. The van der Waals surface area contributed by atoms with Crippen molar-refractivity contribution in [3.8, 4) is 0 Å². The van der Waals surface area contributed by atoms with E-state index in [4.69, 9.17) is 4.74 Å². The van der Waals surface area contributed by atoms with E-state index in [9.17, 15) is 9.59 Å². The average molecular weight is 286 g/mol. The standard InChI is InChI=1S/C11H14N2O3S2/c1-2-3-16-9(14)6-18-11-12-8-5-17-4-7(8)10(15)13-11/h2-6H2,1H3,(H,12,13,15). The van der Waals surface area contributed by atoms with Crippen LogP contribution in [-0.4, -0.2) is 28.3 Å². The number of fused-ring (bicyclic) bond motifs is 1. The second-order valence-electron chi connectivity index (χ2n) is 3.80. The summed E-state index contributed by atoms with van der Waals surface area (Å²) in [4.78, 5) is 30.1. The molecule has 0 fully saturated rings. The van der Waals surface area contributed by atoms with E-state index in [2.05, 4.69) is 9.97 Å². The monoisotopic (exact) mass is 286 g/mol. The molecule has 0 radical (unpaired) electrons. The molecule has 2 heterocycles. The minimum absolute atomic E-state index is 0.0885. The molecular weight excluding hydrogens is 272 g/mol. The molecule has 1 aromatic heterocycles. The smallest absolute Gasteiger partial charge is 0.316 e. The first-order chi connectivity index (χ1) is 8.70. The Kier molecular flexibility index (Phi) is 4.71. The first kappa shape index (κ1) is 13.5. The van der Waals surface area contributed by atoms with E-state index >= 15 is 0 Å². The maximum atomic E-state index is 11.7. The summed E-state index contributed by atoms with van der Waals surface area (Å²) in [5.74, 6) is 1.39. The highest BCUT2D eigenvalue weighted by Gasteiger charge is 2.18. The maximum Gasteiger partial charge on any atom is 0.316 e. The summed E-state index contributed by atoms with van der Waals surface area (Å²) in [6.07, 6.45) is 0.807. The molecule has 2 rings (SSSR count). The molecule has 0 spiro atoms. The number of carbonyl (C=O) groups is 1. The second-order valence-corrected chi connectivity index (χ2v) is 5.75. The van der Waals surface area contributed by atoms with Gasteiger partial charge in [0.05, 0.1) is 18.1 Å². The van der Waals surface area contributed by atoms with Crippen molar-refractivity contribution >= 4 is 29.5 Å². The minimum atomic E-state index is -0.278. The SMILES string of the molecule is CCCOC(=O)CSc1nc2c(c(=O)[nH]1)CSC2. The molecular formula is C11H14N2O3S2. The predicted octanol–water partition coefficient (Wildman–Crippen LogP) is 1.56. The maximum absolute atomic E-state index is 11.7. The van der Waals surface area contributed by atoms with Crippen molar-refractivity contribution in [3.63, 3.8) is 0 Å². The van der Waals surface area contributed by atoms with Crippen LogP contribution in [0.15, 0.2) is 9.95 Å². The molecule has 1 aliphatic rings. The van der Waals surface area contributed by atoms with E-state index in [1.807, 2.05) is 6.92 Å². The molecule has 1 aliphatic heterocycles. The van der Waals surface area contributed by atoms with Crippen LogP contribution in [0.5, 0.6) is 0 Å². The number of aromatic nitrogens is 2. The van der Waals surface area contributed by atoms with Crippen LogP contribution in [0, 0.1) is 0 Å². The number of ether oxygens (including phenoxy) is 1. The molecule has 0 amide bonds. The molecule has 1 N–H and O–H groups in total. The highest BCUT2D eigenvalue weighted by Crippen LogP contribution is 2.26. The van der Waals surface area contributed by atoms with Gasteiger partial charge < -0.3 is 9.72 Å². The van der Waals surface area contributed by atoms with Gasteiger partial charge in [0, 0.05) is 17.1 Å². The van der Waals surface area contributed by atoms with Gasteiger partial charge in [0.1, 0.15) is 0 Å². The number of thioether (sulfide) groups is 2. The van der Waals surface area contributed by atoms with Crippen LogP contribution in [0.1, 0.15) is 24.6 Å². The summed E-state index contributed by atoms with van der Waals surface area (Å²) in [6.45, 7) is 2.38. The number of esters is 1. The Bertz CT molecular complexity index is 502. The molecule has 0 saturated carbocycles. The first-order valence-electron chi connectivity index (χ1n) is 5.69. The molecule has 1 aromatic rings. The lowest BCUT2D eigenvalue weighted by Gasteiger charge is -2.04. The number of nitrogens with zero attached hydrogens (tertiary/aromatic N) is 1. The summed E-state index contributed by atoms with van der Waals surface area (Å²) in [5.41, 5.74) is 1.51. The van der Waals surface area contributed by atoms with Gasteiger partial charge in [0.25, 0.3) is 5.56 Å². The lowest BCUT2D eigenvalue weighted by molar-refractivity contribution is -0.140. The summed E-state index contributed by atoms with van der Waals surface area (Å²) in [7, 11) is 0. The lowest BCUT2D eigenvalue weighted by atomic mass is 10.3. The van der Waals surface area contributed by atoms with Crippen molar-refractivity contribution in [2.24, 2.45) is 0 Å². The number of rotatable bonds is 5. The van der Waals surface area contributed by atoms with E-state index in [0.29, 0.717) is 11.8 Å². The molecule has 0 aromatic carbocycles. The zero-order valence-electron chi connectivity index (χ0n) is 10.0. The van der Waals surface area contributed by atoms with Crippen LogP contribution >= 0.6 is 23.5 Å². The third kappa shape index (κ3) is 3.29. The summed E-state index contributed by atoms with van der Waals surface area (Å²) < 4.78 is 4.95. The molecule has 0 aliphatic carbocycles. The van der Waals surface area contributed by atoms with Gasteiger partial charge >= 0.3 is 5.97 Å². The van der Waals surface area contributed by atoms with Crippen LogP contribution in [0.2, 0.25) is 0 Å². The highest BCUT2D eigenvalue weighted by molar-refractivity contribution is 7.99. The Morgan fingerprint density at radius 2 is 2.39 bits per heavy atom. The Hall–Kier alpha value is -0.950. The zero-order valence-corrected chi connectivity index (χ0v) is 11.7. The molecule has 98 valence electrons. The fourth-order valence-corrected chi connectivity index (χ4v) is 3.21. The van der Waals surface area contributed by atoms with Crippen molar-refractivity contribution in [1.29, 1.82) is 0 Å². The van der Waals surface area contributed by atoms with Crippen LogP contribution in [0.3, 0.4) is 0 Å². The van der Waals surface area contributed by atoms with Crippen LogP contribution in [-0.2, 0) is 21.0 Å². The van der Waals surface area contributed by atoms with Crippen molar-refractivity contribution in [3.05, 3.63) is 21.6 Å². The second kappa shape index (κ2) is 6.29. The number of aromatic amines is 1.